The summed E-state index contributed by atoms with van der Waals surface area (Å²) in [6, 6.07) is 12.2. The molecule has 0 atom stereocenters. The van der Waals surface area contributed by atoms with E-state index in [1.807, 2.05) is 30.0 Å². The lowest BCUT2D eigenvalue weighted by Crippen LogP contribution is -2.30. The van der Waals surface area contributed by atoms with E-state index in [4.69, 9.17) is 16.6 Å². The highest BCUT2D eigenvalue weighted by Gasteiger charge is 2.06. The molecule has 0 bridgehead atoms. The molecule has 0 radical (unpaired) electrons. The van der Waals surface area contributed by atoms with Crippen molar-refractivity contribution in [3.05, 3.63) is 54.0 Å². The lowest BCUT2D eigenvalue weighted by Gasteiger charge is -2.15. The van der Waals surface area contributed by atoms with Gasteiger partial charge in [-0.3, -0.25) is 0 Å². The predicted octanol–water partition coefficient (Wildman–Crippen LogP) is 4.62. The fourth-order valence-corrected chi connectivity index (χ4v) is 3.05. The first-order valence-corrected chi connectivity index (χ1v) is 8.97. The summed E-state index contributed by atoms with van der Waals surface area (Å²) in [6.07, 6.45) is 1.71. The van der Waals surface area contributed by atoms with E-state index in [-0.39, 0.29) is 0 Å². The van der Waals surface area contributed by atoms with Crippen molar-refractivity contribution >= 4 is 34.8 Å². The SMILES string of the molecule is CC(C)c1ccccc1NC(=S)NCCSCc1ccco1. The number of thiocarbonyl (C=S) groups is 1. The van der Waals surface area contributed by atoms with Crippen molar-refractivity contribution in [3.8, 4) is 0 Å². The molecule has 0 aliphatic rings. The number of furan rings is 1. The summed E-state index contributed by atoms with van der Waals surface area (Å²) in [7, 11) is 0. The highest BCUT2D eigenvalue weighted by atomic mass is 32.2. The van der Waals surface area contributed by atoms with Crippen LogP contribution < -0.4 is 10.6 Å². The summed E-state index contributed by atoms with van der Waals surface area (Å²) in [6.45, 7) is 5.20. The molecule has 3 nitrogen and oxygen atoms in total. The van der Waals surface area contributed by atoms with Gasteiger partial charge in [0.25, 0.3) is 0 Å². The molecule has 1 aromatic carbocycles. The zero-order valence-electron chi connectivity index (χ0n) is 13.0. The van der Waals surface area contributed by atoms with E-state index in [0.29, 0.717) is 11.0 Å². The number of nitrogens with one attached hydrogen (secondary N) is 2. The molecular weight excluding hydrogens is 312 g/mol. The van der Waals surface area contributed by atoms with Gasteiger partial charge < -0.3 is 15.1 Å². The Morgan fingerprint density at radius 1 is 1.23 bits per heavy atom. The summed E-state index contributed by atoms with van der Waals surface area (Å²) in [5, 5.41) is 7.21. The second-order valence-corrected chi connectivity index (χ2v) is 6.77. The standard InChI is InChI=1S/C17H22N2OS2/c1-13(2)15-7-3-4-8-16(15)19-17(21)18-9-11-22-12-14-6-5-10-20-14/h3-8,10,13H,9,11-12H2,1-2H3,(H2,18,19,21). The molecule has 0 fully saturated rings. The van der Waals surface area contributed by atoms with Crippen LogP contribution in [0.15, 0.2) is 47.1 Å². The molecule has 22 heavy (non-hydrogen) atoms. The predicted molar refractivity (Wildman–Crippen MR) is 99.6 cm³/mol. The second kappa shape index (κ2) is 8.86. The van der Waals surface area contributed by atoms with Crippen LogP contribution in [0.25, 0.3) is 0 Å². The molecule has 2 aromatic rings. The Morgan fingerprint density at radius 3 is 2.77 bits per heavy atom. The minimum absolute atomic E-state index is 0.468. The van der Waals surface area contributed by atoms with Crippen LogP contribution in [0.5, 0.6) is 0 Å². The quantitative estimate of drug-likeness (QED) is 0.571. The molecule has 0 amide bonds. The van der Waals surface area contributed by atoms with Gasteiger partial charge in [0.15, 0.2) is 5.11 Å². The molecule has 0 spiro atoms. The topological polar surface area (TPSA) is 37.2 Å². The van der Waals surface area contributed by atoms with Gasteiger partial charge in [-0.05, 0) is 41.9 Å². The average molecular weight is 335 g/mol. The largest absolute Gasteiger partial charge is 0.468 e. The van der Waals surface area contributed by atoms with Gasteiger partial charge in [0.2, 0.25) is 0 Å². The fraction of sp³-hybridized carbons (Fsp3) is 0.353. The van der Waals surface area contributed by atoms with Crippen LogP contribution in [-0.4, -0.2) is 17.4 Å². The molecule has 0 saturated heterocycles. The molecule has 1 aromatic heterocycles. The van der Waals surface area contributed by atoms with Crippen LogP contribution >= 0.6 is 24.0 Å². The van der Waals surface area contributed by atoms with Crippen LogP contribution in [0.1, 0.15) is 31.1 Å². The number of benzene rings is 1. The first-order valence-electron chi connectivity index (χ1n) is 7.40. The van der Waals surface area contributed by atoms with Crippen LogP contribution in [0.3, 0.4) is 0 Å². The third-order valence-electron chi connectivity index (χ3n) is 3.19. The van der Waals surface area contributed by atoms with Crippen molar-refractivity contribution in [1.82, 2.24) is 5.32 Å². The third-order valence-corrected chi connectivity index (χ3v) is 4.42. The zero-order chi connectivity index (χ0) is 15.8. The van der Waals surface area contributed by atoms with Crippen molar-refractivity contribution in [2.75, 3.05) is 17.6 Å². The molecule has 0 unspecified atom stereocenters. The summed E-state index contributed by atoms with van der Waals surface area (Å²) in [5.41, 5.74) is 2.36. The maximum Gasteiger partial charge on any atom is 0.170 e. The van der Waals surface area contributed by atoms with Gasteiger partial charge in [-0.2, -0.15) is 11.8 Å². The van der Waals surface area contributed by atoms with Crippen molar-refractivity contribution in [2.45, 2.75) is 25.5 Å². The molecule has 0 aliphatic carbocycles. The van der Waals surface area contributed by atoms with Crippen LogP contribution in [0.4, 0.5) is 5.69 Å². The number of rotatable bonds is 7. The molecule has 118 valence electrons. The normalized spacial score (nSPS) is 10.7. The molecule has 0 saturated carbocycles. The fourth-order valence-electron chi connectivity index (χ4n) is 2.09. The summed E-state index contributed by atoms with van der Waals surface area (Å²) >= 11 is 7.19. The first kappa shape index (κ1) is 16.9. The number of para-hydroxylation sites is 1. The van der Waals surface area contributed by atoms with Crippen LogP contribution in [0, 0.1) is 0 Å². The van der Waals surface area contributed by atoms with Crippen molar-refractivity contribution in [3.63, 3.8) is 0 Å². The molecule has 0 aliphatic heterocycles. The van der Waals surface area contributed by atoms with E-state index >= 15 is 0 Å². The van der Waals surface area contributed by atoms with Crippen LogP contribution in [0.2, 0.25) is 0 Å². The second-order valence-electron chi connectivity index (χ2n) is 5.25. The highest BCUT2D eigenvalue weighted by Crippen LogP contribution is 2.23. The Hall–Kier alpha value is -1.46. The van der Waals surface area contributed by atoms with Gasteiger partial charge in [0.05, 0.1) is 12.0 Å². The molecule has 5 heteroatoms. The minimum atomic E-state index is 0.468. The van der Waals surface area contributed by atoms with Gasteiger partial charge >= 0.3 is 0 Å². The van der Waals surface area contributed by atoms with E-state index < -0.39 is 0 Å². The van der Waals surface area contributed by atoms with Gasteiger partial charge in [0.1, 0.15) is 5.76 Å². The Kier molecular flexibility index (Phi) is 6.80. The lowest BCUT2D eigenvalue weighted by atomic mass is 10.0. The van der Waals surface area contributed by atoms with Crippen LogP contribution in [-0.2, 0) is 5.75 Å². The maximum atomic E-state index is 5.36. The number of hydrogen-bond donors (Lipinski definition) is 2. The number of anilines is 1. The smallest absolute Gasteiger partial charge is 0.170 e. The number of hydrogen-bond acceptors (Lipinski definition) is 3. The van der Waals surface area contributed by atoms with Crippen molar-refractivity contribution in [1.29, 1.82) is 0 Å². The molecule has 2 N–H and O–H groups in total. The first-order chi connectivity index (χ1) is 10.7. The van der Waals surface area contributed by atoms with E-state index in [1.165, 1.54) is 5.56 Å². The maximum absolute atomic E-state index is 5.36. The number of thioether (sulfide) groups is 1. The van der Waals surface area contributed by atoms with Gasteiger partial charge in [-0.1, -0.05) is 32.0 Å². The van der Waals surface area contributed by atoms with Crippen molar-refractivity contribution in [2.24, 2.45) is 0 Å². The van der Waals surface area contributed by atoms with Gasteiger partial charge in [-0.15, -0.1) is 0 Å². The molecule has 1 heterocycles. The van der Waals surface area contributed by atoms with E-state index in [2.05, 4.69) is 42.7 Å². The summed E-state index contributed by atoms with van der Waals surface area (Å²) in [4.78, 5) is 0. The van der Waals surface area contributed by atoms with E-state index in [0.717, 1.165) is 29.5 Å². The monoisotopic (exact) mass is 334 g/mol. The van der Waals surface area contributed by atoms with E-state index in [1.54, 1.807) is 6.26 Å². The zero-order valence-corrected chi connectivity index (χ0v) is 14.6. The minimum Gasteiger partial charge on any atom is -0.468 e. The molecule has 2 rings (SSSR count). The Balaban J connectivity index is 1.70. The van der Waals surface area contributed by atoms with Gasteiger partial charge in [0, 0.05) is 18.0 Å². The Bertz CT molecular complexity index is 582. The molecular formula is C17H22N2OS2. The van der Waals surface area contributed by atoms with Crippen molar-refractivity contribution < 1.29 is 4.42 Å². The highest BCUT2D eigenvalue weighted by molar-refractivity contribution is 7.98. The Labute approximate surface area is 141 Å². The average Bonchev–Trinajstić information content (AvgIpc) is 3.00. The van der Waals surface area contributed by atoms with E-state index in [9.17, 15) is 0 Å². The summed E-state index contributed by atoms with van der Waals surface area (Å²) in [5.74, 6) is 3.35. The van der Waals surface area contributed by atoms with Gasteiger partial charge in [-0.25, -0.2) is 0 Å². The third kappa shape index (κ3) is 5.39. The Morgan fingerprint density at radius 2 is 2.05 bits per heavy atom. The lowest BCUT2D eigenvalue weighted by molar-refractivity contribution is 0.530. The summed E-state index contributed by atoms with van der Waals surface area (Å²) < 4.78 is 5.30.